The highest BCUT2D eigenvalue weighted by Gasteiger charge is 2.08. The summed E-state index contributed by atoms with van der Waals surface area (Å²) in [5, 5.41) is 3.73. The van der Waals surface area contributed by atoms with E-state index in [0.29, 0.717) is 5.75 Å². The second kappa shape index (κ2) is 6.77. The number of anilines is 1. The summed E-state index contributed by atoms with van der Waals surface area (Å²) in [4.78, 5) is 16.1. The van der Waals surface area contributed by atoms with Crippen LogP contribution in [0, 0.1) is 0 Å². The summed E-state index contributed by atoms with van der Waals surface area (Å²) in [5.41, 5.74) is 0.784. The Morgan fingerprint density at radius 1 is 1.47 bits per heavy atom. The van der Waals surface area contributed by atoms with Crippen molar-refractivity contribution in [2.75, 3.05) is 11.1 Å². The van der Waals surface area contributed by atoms with Crippen LogP contribution in [0.3, 0.4) is 0 Å². The fraction of sp³-hybridized carbons (Fsp3) is 0.231. The van der Waals surface area contributed by atoms with Crippen molar-refractivity contribution in [1.82, 2.24) is 9.55 Å². The molecule has 0 aliphatic rings. The number of thioether (sulfide) groups is 1. The lowest BCUT2D eigenvalue weighted by Gasteiger charge is -2.07. The van der Waals surface area contributed by atoms with Crippen molar-refractivity contribution >= 4 is 39.3 Å². The van der Waals surface area contributed by atoms with Crippen molar-refractivity contribution in [2.24, 2.45) is 0 Å². The molecule has 6 heteroatoms. The third kappa shape index (κ3) is 3.84. The van der Waals surface area contributed by atoms with Crippen molar-refractivity contribution in [3.8, 4) is 0 Å². The molecule has 1 aromatic heterocycles. The monoisotopic (exact) mass is 339 g/mol. The van der Waals surface area contributed by atoms with Crippen LogP contribution < -0.4 is 5.32 Å². The van der Waals surface area contributed by atoms with Crippen LogP contribution in [0.2, 0.25) is 0 Å². The topological polar surface area (TPSA) is 46.9 Å². The van der Waals surface area contributed by atoms with Gasteiger partial charge in [0.05, 0.1) is 11.4 Å². The van der Waals surface area contributed by atoms with Crippen molar-refractivity contribution in [3.63, 3.8) is 0 Å². The Kier molecular flexibility index (Phi) is 5.04. The van der Waals surface area contributed by atoms with Crippen LogP contribution in [-0.4, -0.2) is 21.2 Å². The summed E-state index contributed by atoms with van der Waals surface area (Å²) in [6.07, 6.45) is 3.66. The molecule has 0 fully saturated rings. The normalized spacial score (nSPS) is 10.4. The number of aromatic nitrogens is 2. The largest absolute Gasteiger partial charge is 0.326 e. The molecule has 100 valence electrons. The Bertz CT molecular complexity index is 571. The van der Waals surface area contributed by atoms with Gasteiger partial charge in [0.2, 0.25) is 5.91 Å². The van der Waals surface area contributed by atoms with Gasteiger partial charge in [-0.3, -0.25) is 4.79 Å². The number of hydrogen-bond acceptors (Lipinski definition) is 3. The minimum atomic E-state index is -0.0393. The highest BCUT2D eigenvalue weighted by Crippen LogP contribution is 2.22. The zero-order chi connectivity index (χ0) is 13.7. The van der Waals surface area contributed by atoms with Crippen LogP contribution in [0.25, 0.3) is 0 Å². The lowest BCUT2D eigenvalue weighted by Crippen LogP contribution is -2.14. The Morgan fingerprint density at radius 3 is 3.00 bits per heavy atom. The summed E-state index contributed by atoms with van der Waals surface area (Å²) >= 11 is 4.84. The quantitative estimate of drug-likeness (QED) is 0.849. The van der Waals surface area contributed by atoms with E-state index in [9.17, 15) is 4.79 Å². The number of aryl methyl sites for hydroxylation is 1. The molecular formula is C13H14BrN3OS. The molecule has 19 heavy (non-hydrogen) atoms. The number of halogens is 1. The van der Waals surface area contributed by atoms with E-state index in [1.165, 1.54) is 11.8 Å². The molecule has 2 aromatic rings. The molecule has 0 unspecified atom stereocenters. The van der Waals surface area contributed by atoms with E-state index in [0.717, 1.165) is 21.9 Å². The maximum atomic E-state index is 11.9. The zero-order valence-corrected chi connectivity index (χ0v) is 12.9. The number of rotatable bonds is 5. The van der Waals surface area contributed by atoms with Crippen molar-refractivity contribution < 1.29 is 4.79 Å². The minimum Gasteiger partial charge on any atom is -0.326 e. The number of nitrogens with zero attached hydrogens (tertiary/aromatic N) is 2. The molecule has 4 nitrogen and oxygen atoms in total. The van der Waals surface area contributed by atoms with Gasteiger partial charge in [-0.1, -0.05) is 23.9 Å². The minimum absolute atomic E-state index is 0.0393. The molecule has 1 N–H and O–H groups in total. The fourth-order valence-electron chi connectivity index (χ4n) is 1.56. The highest BCUT2D eigenvalue weighted by atomic mass is 79.9. The van der Waals surface area contributed by atoms with Gasteiger partial charge in [-0.2, -0.15) is 0 Å². The first-order chi connectivity index (χ1) is 9.20. The molecule has 1 heterocycles. The van der Waals surface area contributed by atoms with E-state index in [1.54, 1.807) is 6.20 Å². The lowest BCUT2D eigenvalue weighted by atomic mass is 10.3. The van der Waals surface area contributed by atoms with Gasteiger partial charge in [0.15, 0.2) is 5.16 Å². The maximum Gasteiger partial charge on any atom is 0.234 e. The molecule has 0 aliphatic heterocycles. The predicted octanol–water partition coefficient (Wildman–Crippen LogP) is 3.40. The van der Waals surface area contributed by atoms with Gasteiger partial charge in [0.25, 0.3) is 0 Å². The average Bonchev–Trinajstić information content (AvgIpc) is 2.86. The summed E-state index contributed by atoms with van der Waals surface area (Å²) < 4.78 is 2.89. The van der Waals surface area contributed by atoms with Crippen LogP contribution in [0.1, 0.15) is 6.92 Å². The first kappa shape index (κ1) is 14.1. The Labute approximate surface area is 124 Å². The molecule has 0 spiro atoms. The number of nitrogens with one attached hydrogen (secondary N) is 1. The Morgan fingerprint density at radius 2 is 2.26 bits per heavy atom. The van der Waals surface area contributed by atoms with E-state index in [4.69, 9.17) is 0 Å². The zero-order valence-electron chi connectivity index (χ0n) is 10.5. The summed E-state index contributed by atoms with van der Waals surface area (Å²) in [5.74, 6) is 0.306. The van der Waals surface area contributed by atoms with E-state index in [1.807, 2.05) is 42.0 Å². The third-order valence-electron chi connectivity index (χ3n) is 2.50. The number of imidazole rings is 1. The molecule has 0 saturated heterocycles. The maximum absolute atomic E-state index is 11.9. The van der Waals surface area contributed by atoms with Gasteiger partial charge in [-0.25, -0.2) is 4.98 Å². The molecule has 0 radical (unpaired) electrons. The van der Waals surface area contributed by atoms with Gasteiger partial charge >= 0.3 is 0 Å². The van der Waals surface area contributed by atoms with Crippen LogP contribution in [0.4, 0.5) is 5.69 Å². The molecule has 0 bridgehead atoms. The van der Waals surface area contributed by atoms with Gasteiger partial charge in [-0.05, 0) is 35.0 Å². The average molecular weight is 340 g/mol. The summed E-state index contributed by atoms with van der Waals surface area (Å²) in [6.45, 7) is 2.90. The van der Waals surface area contributed by atoms with E-state index >= 15 is 0 Å². The second-order valence-electron chi connectivity index (χ2n) is 3.81. The van der Waals surface area contributed by atoms with Crippen molar-refractivity contribution in [3.05, 3.63) is 41.1 Å². The lowest BCUT2D eigenvalue weighted by molar-refractivity contribution is -0.113. The van der Waals surface area contributed by atoms with Gasteiger partial charge in [0, 0.05) is 23.4 Å². The molecule has 0 saturated carbocycles. The standard InChI is InChI=1S/C13H14BrN3OS/c1-2-17-8-7-15-13(17)19-9-12(18)16-11-6-4-3-5-10(11)14/h3-8H,2,9H2,1H3,(H,16,18). The predicted molar refractivity (Wildman–Crippen MR) is 81.4 cm³/mol. The molecule has 0 aliphatic carbocycles. The molecule has 1 aromatic carbocycles. The van der Waals surface area contributed by atoms with Crippen LogP contribution in [-0.2, 0) is 11.3 Å². The number of para-hydroxylation sites is 1. The van der Waals surface area contributed by atoms with Crippen molar-refractivity contribution in [1.29, 1.82) is 0 Å². The number of benzene rings is 1. The first-order valence-corrected chi connectivity index (χ1v) is 7.67. The molecular weight excluding hydrogens is 326 g/mol. The van der Waals surface area contributed by atoms with Crippen molar-refractivity contribution in [2.45, 2.75) is 18.6 Å². The number of carbonyl (C=O) groups is 1. The molecule has 1 amide bonds. The fourth-order valence-corrected chi connectivity index (χ4v) is 2.76. The van der Waals surface area contributed by atoms with Gasteiger partial charge in [0.1, 0.15) is 0 Å². The van der Waals surface area contributed by atoms with E-state index in [2.05, 4.69) is 26.2 Å². The van der Waals surface area contributed by atoms with Crippen LogP contribution >= 0.6 is 27.7 Å². The summed E-state index contributed by atoms with van der Waals surface area (Å²) in [6, 6.07) is 7.55. The van der Waals surface area contributed by atoms with E-state index in [-0.39, 0.29) is 5.91 Å². The summed E-state index contributed by atoms with van der Waals surface area (Å²) in [7, 11) is 0. The van der Waals surface area contributed by atoms with Crippen LogP contribution in [0.15, 0.2) is 46.3 Å². The molecule has 0 atom stereocenters. The third-order valence-corrected chi connectivity index (χ3v) is 4.19. The van der Waals surface area contributed by atoms with E-state index < -0.39 is 0 Å². The van der Waals surface area contributed by atoms with Gasteiger partial charge < -0.3 is 9.88 Å². The smallest absolute Gasteiger partial charge is 0.234 e. The Balaban J connectivity index is 1.90. The molecule has 2 rings (SSSR count). The highest BCUT2D eigenvalue weighted by molar-refractivity contribution is 9.10. The van der Waals surface area contributed by atoms with Gasteiger partial charge in [-0.15, -0.1) is 0 Å². The Hall–Kier alpha value is -1.27. The SMILES string of the molecule is CCn1ccnc1SCC(=O)Nc1ccccc1Br. The number of hydrogen-bond donors (Lipinski definition) is 1. The second-order valence-corrected chi connectivity index (χ2v) is 5.61. The number of amides is 1. The number of carbonyl (C=O) groups excluding carboxylic acids is 1. The first-order valence-electron chi connectivity index (χ1n) is 5.89. The van der Waals surface area contributed by atoms with Crippen LogP contribution in [0.5, 0.6) is 0 Å².